The summed E-state index contributed by atoms with van der Waals surface area (Å²) in [6, 6.07) is 5.47. The standard InChI is InChI=1S/C21H24N6O2S2/c1-12-13(2)31-21-18(12)20(29)23-15(24-21)7-8-17(28)22-14(9-11-30-3)19-26-25-16-6-4-5-10-27(16)19/h4-6,10,14H,7-9,11H2,1-3H3,(H,22,28)(H,23,24,29). The third-order valence-electron chi connectivity index (χ3n) is 5.27. The van der Waals surface area contributed by atoms with E-state index in [9.17, 15) is 9.59 Å². The highest BCUT2D eigenvalue weighted by molar-refractivity contribution is 7.98. The molecule has 0 radical (unpaired) electrons. The van der Waals surface area contributed by atoms with E-state index in [1.165, 1.54) is 11.3 Å². The van der Waals surface area contributed by atoms with Crippen molar-refractivity contribution in [1.82, 2.24) is 29.9 Å². The Kier molecular flexibility index (Phi) is 6.38. The van der Waals surface area contributed by atoms with Crippen LogP contribution in [0.2, 0.25) is 0 Å². The molecule has 2 N–H and O–H groups in total. The van der Waals surface area contributed by atoms with E-state index in [1.54, 1.807) is 11.8 Å². The molecule has 0 saturated carbocycles. The minimum Gasteiger partial charge on any atom is -0.346 e. The van der Waals surface area contributed by atoms with E-state index >= 15 is 0 Å². The number of aromatic amines is 1. The van der Waals surface area contributed by atoms with Crippen molar-refractivity contribution in [3.8, 4) is 0 Å². The van der Waals surface area contributed by atoms with Gasteiger partial charge in [0.15, 0.2) is 11.5 Å². The average molecular weight is 457 g/mol. The predicted octanol–water partition coefficient (Wildman–Crippen LogP) is 3.19. The molecule has 0 aliphatic carbocycles. The van der Waals surface area contributed by atoms with Crippen molar-refractivity contribution < 1.29 is 4.79 Å². The highest BCUT2D eigenvalue weighted by atomic mass is 32.2. The van der Waals surface area contributed by atoms with E-state index in [1.807, 2.05) is 48.9 Å². The van der Waals surface area contributed by atoms with Gasteiger partial charge in [-0.25, -0.2) is 4.98 Å². The number of nitrogens with zero attached hydrogens (tertiary/aromatic N) is 4. The molecule has 0 aromatic carbocycles. The van der Waals surface area contributed by atoms with Gasteiger partial charge in [-0.3, -0.25) is 14.0 Å². The summed E-state index contributed by atoms with van der Waals surface area (Å²) in [7, 11) is 0. The van der Waals surface area contributed by atoms with Crippen molar-refractivity contribution in [2.24, 2.45) is 0 Å². The van der Waals surface area contributed by atoms with Gasteiger partial charge in [-0.2, -0.15) is 11.8 Å². The van der Waals surface area contributed by atoms with E-state index < -0.39 is 0 Å². The van der Waals surface area contributed by atoms with Crippen molar-refractivity contribution in [3.05, 3.63) is 56.8 Å². The lowest BCUT2D eigenvalue weighted by Crippen LogP contribution is -2.30. The van der Waals surface area contributed by atoms with Gasteiger partial charge in [0.1, 0.15) is 10.7 Å². The molecule has 162 valence electrons. The lowest BCUT2D eigenvalue weighted by Gasteiger charge is -2.17. The molecule has 31 heavy (non-hydrogen) atoms. The maximum Gasteiger partial charge on any atom is 0.259 e. The monoisotopic (exact) mass is 456 g/mol. The molecule has 0 aliphatic rings. The van der Waals surface area contributed by atoms with Crippen LogP contribution in [0, 0.1) is 13.8 Å². The molecule has 4 heterocycles. The normalized spacial score (nSPS) is 12.5. The molecule has 0 bridgehead atoms. The zero-order valence-corrected chi connectivity index (χ0v) is 19.3. The summed E-state index contributed by atoms with van der Waals surface area (Å²) in [5.74, 6) is 2.02. The zero-order valence-electron chi connectivity index (χ0n) is 17.6. The Morgan fingerprint density at radius 3 is 2.97 bits per heavy atom. The number of H-pyrrole nitrogens is 1. The van der Waals surface area contributed by atoms with E-state index in [0.717, 1.165) is 38.9 Å². The Bertz CT molecular complexity index is 1290. The van der Waals surface area contributed by atoms with Gasteiger partial charge >= 0.3 is 0 Å². The third kappa shape index (κ3) is 4.49. The Balaban J connectivity index is 1.48. The number of pyridine rings is 1. The number of amides is 1. The molecule has 0 saturated heterocycles. The molecular formula is C21H24N6O2S2. The van der Waals surface area contributed by atoms with Crippen LogP contribution in [0.5, 0.6) is 0 Å². The van der Waals surface area contributed by atoms with E-state index in [-0.39, 0.29) is 23.9 Å². The topological polar surface area (TPSA) is 105 Å². The molecule has 4 rings (SSSR count). The van der Waals surface area contributed by atoms with Gasteiger partial charge in [0.05, 0.1) is 11.4 Å². The van der Waals surface area contributed by atoms with Crippen molar-refractivity contribution in [2.75, 3.05) is 12.0 Å². The predicted molar refractivity (Wildman–Crippen MR) is 125 cm³/mol. The van der Waals surface area contributed by atoms with Gasteiger partial charge in [-0.15, -0.1) is 21.5 Å². The Morgan fingerprint density at radius 2 is 2.16 bits per heavy atom. The summed E-state index contributed by atoms with van der Waals surface area (Å²) < 4.78 is 1.90. The number of carbonyl (C=O) groups is 1. The number of rotatable bonds is 8. The van der Waals surface area contributed by atoms with Crippen LogP contribution in [0.25, 0.3) is 15.9 Å². The summed E-state index contributed by atoms with van der Waals surface area (Å²) in [5, 5.41) is 12.2. The van der Waals surface area contributed by atoms with Gasteiger partial charge < -0.3 is 10.3 Å². The lowest BCUT2D eigenvalue weighted by atomic mass is 10.2. The Labute approximate surface area is 187 Å². The summed E-state index contributed by atoms with van der Waals surface area (Å²) in [5.41, 5.74) is 1.57. The van der Waals surface area contributed by atoms with Crippen LogP contribution >= 0.6 is 23.1 Å². The van der Waals surface area contributed by atoms with Crippen LogP contribution in [-0.4, -0.2) is 42.5 Å². The summed E-state index contributed by atoms with van der Waals surface area (Å²) in [4.78, 5) is 34.4. The van der Waals surface area contributed by atoms with Crippen molar-refractivity contribution in [1.29, 1.82) is 0 Å². The van der Waals surface area contributed by atoms with Gasteiger partial charge in [-0.1, -0.05) is 6.07 Å². The number of thioether (sulfide) groups is 1. The summed E-state index contributed by atoms with van der Waals surface area (Å²) in [6.45, 7) is 3.91. The molecule has 0 aliphatic heterocycles. The van der Waals surface area contributed by atoms with Crippen LogP contribution in [-0.2, 0) is 11.2 Å². The Morgan fingerprint density at radius 1 is 1.32 bits per heavy atom. The molecule has 1 amide bonds. The molecule has 1 atom stereocenters. The number of fused-ring (bicyclic) bond motifs is 2. The fraction of sp³-hybridized carbons (Fsp3) is 0.381. The largest absolute Gasteiger partial charge is 0.346 e. The average Bonchev–Trinajstić information content (AvgIpc) is 3.30. The quantitative estimate of drug-likeness (QED) is 0.422. The van der Waals surface area contributed by atoms with Crippen molar-refractivity contribution in [2.45, 2.75) is 39.2 Å². The number of hydrogen-bond acceptors (Lipinski definition) is 7. The van der Waals surface area contributed by atoms with Crippen LogP contribution in [0.3, 0.4) is 0 Å². The van der Waals surface area contributed by atoms with Crippen molar-refractivity contribution in [3.63, 3.8) is 0 Å². The first-order valence-corrected chi connectivity index (χ1v) is 12.3. The minimum absolute atomic E-state index is 0.111. The Hall–Kier alpha value is -2.72. The SMILES string of the molecule is CSCCC(NC(=O)CCc1nc2sc(C)c(C)c2c(=O)[nH]1)c1nnc2ccccn12. The second-order valence-electron chi connectivity index (χ2n) is 7.36. The molecule has 8 nitrogen and oxygen atoms in total. The molecular weight excluding hydrogens is 432 g/mol. The minimum atomic E-state index is -0.241. The first-order chi connectivity index (χ1) is 15.0. The summed E-state index contributed by atoms with van der Waals surface area (Å²) >= 11 is 3.23. The molecule has 0 spiro atoms. The van der Waals surface area contributed by atoms with Gasteiger partial charge in [-0.05, 0) is 50.0 Å². The molecule has 0 fully saturated rings. The van der Waals surface area contributed by atoms with Crippen LogP contribution in [0.4, 0.5) is 0 Å². The van der Waals surface area contributed by atoms with Gasteiger partial charge in [0.2, 0.25) is 5.91 Å². The first kappa shape index (κ1) is 21.5. The van der Waals surface area contributed by atoms with Crippen LogP contribution in [0.1, 0.15) is 41.0 Å². The fourth-order valence-corrected chi connectivity index (χ4v) is 5.04. The number of hydrogen-bond donors (Lipinski definition) is 2. The number of thiophene rings is 1. The van der Waals surface area contributed by atoms with Crippen molar-refractivity contribution >= 4 is 44.9 Å². The molecule has 10 heteroatoms. The third-order valence-corrected chi connectivity index (χ3v) is 7.02. The smallest absolute Gasteiger partial charge is 0.259 e. The second kappa shape index (κ2) is 9.19. The molecule has 4 aromatic heterocycles. The highest BCUT2D eigenvalue weighted by Gasteiger charge is 2.20. The van der Waals surface area contributed by atoms with Crippen LogP contribution < -0.4 is 10.9 Å². The molecule has 4 aromatic rings. The number of aromatic nitrogens is 5. The van der Waals surface area contributed by atoms with E-state index in [2.05, 4.69) is 25.5 Å². The zero-order chi connectivity index (χ0) is 22.0. The first-order valence-electron chi connectivity index (χ1n) is 10.0. The number of carbonyl (C=O) groups excluding carboxylic acids is 1. The van der Waals surface area contributed by atoms with Crippen LogP contribution in [0.15, 0.2) is 29.2 Å². The summed E-state index contributed by atoms with van der Waals surface area (Å²) in [6.07, 6.45) is 5.27. The fourth-order valence-electron chi connectivity index (χ4n) is 3.52. The molecule has 1 unspecified atom stereocenters. The number of aryl methyl sites for hydroxylation is 3. The van der Waals surface area contributed by atoms with Gasteiger partial charge in [0.25, 0.3) is 5.56 Å². The maximum absolute atomic E-state index is 12.7. The highest BCUT2D eigenvalue weighted by Crippen LogP contribution is 2.25. The van der Waals surface area contributed by atoms with E-state index in [4.69, 9.17) is 0 Å². The lowest BCUT2D eigenvalue weighted by molar-refractivity contribution is -0.121. The maximum atomic E-state index is 12.7. The number of nitrogens with one attached hydrogen (secondary N) is 2. The van der Waals surface area contributed by atoms with E-state index in [0.29, 0.717) is 17.6 Å². The second-order valence-corrected chi connectivity index (χ2v) is 9.55. The van der Waals surface area contributed by atoms with Gasteiger partial charge in [0, 0.05) is 23.9 Å².